The zero-order valence-electron chi connectivity index (χ0n) is 8.66. The largest absolute Gasteiger partial charge is 0.509 e. The van der Waals surface area contributed by atoms with Crippen molar-refractivity contribution in [1.29, 1.82) is 0 Å². The number of alkyl halides is 1. The maximum absolute atomic E-state index is 11.2. The minimum absolute atomic E-state index is 0.0615. The molecule has 0 radical (unpaired) electrons. The van der Waals surface area contributed by atoms with Crippen molar-refractivity contribution < 1.29 is 14.3 Å². The van der Waals surface area contributed by atoms with Crippen molar-refractivity contribution in [1.82, 2.24) is 0 Å². The Labute approximate surface area is 98.7 Å². The van der Waals surface area contributed by atoms with Gasteiger partial charge in [0.05, 0.1) is 0 Å². The van der Waals surface area contributed by atoms with E-state index in [0.717, 1.165) is 19.3 Å². The van der Waals surface area contributed by atoms with Gasteiger partial charge in [0.2, 0.25) is 0 Å². The maximum Gasteiger partial charge on any atom is 0.509 e. The van der Waals surface area contributed by atoms with Gasteiger partial charge in [0.15, 0.2) is 4.11 Å². The van der Waals surface area contributed by atoms with Crippen LogP contribution in [0.2, 0.25) is 0 Å². The number of carbonyl (C=O) groups excluding carboxylic acids is 1. The quantitative estimate of drug-likeness (QED) is 0.445. The first-order valence-corrected chi connectivity index (χ1v) is 6.35. The van der Waals surface area contributed by atoms with Gasteiger partial charge in [-0.05, 0) is 54.7 Å². The van der Waals surface area contributed by atoms with E-state index in [0.29, 0.717) is 5.92 Å². The molecule has 14 heavy (non-hydrogen) atoms. The van der Waals surface area contributed by atoms with Crippen LogP contribution in [0.3, 0.4) is 0 Å². The van der Waals surface area contributed by atoms with E-state index in [4.69, 9.17) is 9.47 Å². The predicted octanol–water partition coefficient (Wildman–Crippen LogP) is 3.50. The Hall–Kier alpha value is 0. The fourth-order valence-electron chi connectivity index (χ4n) is 1.74. The molecule has 1 fully saturated rings. The Balaban J connectivity index is 2.31. The SMILES string of the molecule is CC(I)OC(=O)OC1CCCCC1C. The van der Waals surface area contributed by atoms with Crippen LogP contribution in [0.4, 0.5) is 4.79 Å². The van der Waals surface area contributed by atoms with Crippen LogP contribution < -0.4 is 0 Å². The molecule has 3 atom stereocenters. The van der Waals surface area contributed by atoms with Crippen LogP contribution in [0.15, 0.2) is 0 Å². The normalized spacial score (nSPS) is 29.4. The van der Waals surface area contributed by atoms with Gasteiger partial charge in [0, 0.05) is 0 Å². The van der Waals surface area contributed by atoms with Crippen molar-refractivity contribution in [2.45, 2.75) is 49.7 Å². The molecular weight excluding hydrogens is 295 g/mol. The monoisotopic (exact) mass is 312 g/mol. The topological polar surface area (TPSA) is 35.5 Å². The van der Waals surface area contributed by atoms with Crippen LogP contribution >= 0.6 is 22.6 Å². The van der Waals surface area contributed by atoms with Crippen molar-refractivity contribution in [3.63, 3.8) is 0 Å². The first-order valence-electron chi connectivity index (χ1n) is 5.11. The van der Waals surface area contributed by atoms with Gasteiger partial charge in [0.1, 0.15) is 6.10 Å². The molecular formula is C10H17IO3. The summed E-state index contributed by atoms with van der Waals surface area (Å²) in [4.78, 5) is 11.2. The number of ether oxygens (including phenoxy) is 2. The summed E-state index contributed by atoms with van der Waals surface area (Å²) in [5.74, 6) is 0.473. The van der Waals surface area contributed by atoms with Crippen molar-refractivity contribution in [3.05, 3.63) is 0 Å². The van der Waals surface area contributed by atoms with E-state index in [-0.39, 0.29) is 10.2 Å². The molecule has 0 aromatic heterocycles. The lowest BCUT2D eigenvalue weighted by atomic mass is 9.88. The molecule has 1 saturated carbocycles. The third-order valence-corrected chi connectivity index (χ3v) is 2.79. The highest BCUT2D eigenvalue weighted by Crippen LogP contribution is 2.26. The van der Waals surface area contributed by atoms with Crippen LogP contribution in [0.25, 0.3) is 0 Å². The van der Waals surface area contributed by atoms with Crippen molar-refractivity contribution in [3.8, 4) is 0 Å². The van der Waals surface area contributed by atoms with E-state index in [1.54, 1.807) is 0 Å². The van der Waals surface area contributed by atoms with Gasteiger partial charge in [0.25, 0.3) is 0 Å². The fourth-order valence-corrected chi connectivity index (χ4v) is 1.95. The lowest BCUT2D eigenvalue weighted by Gasteiger charge is -2.27. The molecule has 3 unspecified atom stereocenters. The molecule has 1 aliphatic rings. The third kappa shape index (κ3) is 4.02. The molecule has 82 valence electrons. The summed E-state index contributed by atoms with van der Waals surface area (Å²) in [5, 5.41) is 0. The fraction of sp³-hybridized carbons (Fsp3) is 0.900. The highest BCUT2D eigenvalue weighted by molar-refractivity contribution is 14.1. The molecule has 0 aromatic rings. The average molecular weight is 312 g/mol. The molecule has 0 saturated heterocycles. The van der Waals surface area contributed by atoms with E-state index < -0.39 is 6.16 Å². The second-order valence-electron chi connectivity index (χ2n) is 3.83. The Bertz CT molecular complexity index is 194. The Morgan fingerprint density at radius 2 is 2.07 bits per heavy atom. The summed E-state index contributed by atoms with van der Waals surface area (Å²) in [6, 6.07) is 0. The van der Waals surface area contributed by atoms with Crippen molar-refractivity contribution in [2.24, 2.45) is 5.92 Å². The van der Waals surface area contributed by atoms with Crippen LogP contribution in [0.5, 0.6) is 0 Å². The number of rotatable bonds is 2. The maximum atomic E-state index is 11.2. The minimum atomic E-state index is -0.523. The summed E-state index contributed by atoms with van der Waals surface area (Å²) >= 11 is 2.03. The lowest BCUT2D eigenvalue weighted by Crippen LogP contribution is -2.29. The summed E-state index contributed by atoms with van der Waals surface area (Å²) in [6.45, 7) is 3.94. The Morgan fingerprint density at radius 1 is 1.43 bits per heavy atom. The van der Waals surface area contributed by atoms with E-state index in [1.807, 2.05) is 29.5 Å². The van der Waals surface area contributed by atoms with E-state index >= 15 is 0 Å². The summed E-state index contributed by atoms with van der Waals surface area (Å²) < 4.78 is 10.0. The summed E-state index contributed by atoms with van der Waals surface area (Å²) in [6.07, 6.45) is 4.07. The lowest BCUT2D eigenvalue weighted by molar-refractivity contribution is -0.00877. The first-order chi connectivity index (χ1) is 6.59. The van der Waals surface area contributed by atoms with Crippen molar-refractivity contribution in [2.75, 3.05) is 0 Å². The van der Waals surface area contributed by atoms with Gasteiger partial charge in [-0.2, -0.15) is 0 Å². The van der Waals surface area contributed by atoms with Gasteiger partial charge in [-0.15, -0.1) is 0 Å². The van der Waals surface area contributed by atoms with Crippen molar-refractivity contribution >= 4 is 28.7 Å². The molecule has 0 heterocycles. The molecule has 0 spiro atoms. The van der Waals surface area contributed by atoms with E-state index in [1.165, 1.54) is 6.42 Å². The Morgan fingerprint density at radius 3 is 2.64 bits per heavy atom. The highest BCUT2D eigenvalue weighted by atomic mass is 127. The first kappa shape index (κ1) is 12.1. The second kappa shape index (κ2) is 5.78. The van der Waals surface area contributed by atoms with E-state index in [2.05, 4.69) is 6.92 Å². The van der Waals surface area contributed by atoms with Gasteiger partial charge in [-0.3, -0.25) is 0 Å². The molecule has 1 rings (SSSR count). The van der Waals surface area contributed by atoms with Gasteiger partial charge in [-0.25, -0.2) is 4.79 Å². The van der Waals surface area contributed by atoms with Gasteiger partial charge >= 0.3 is 6.16 Å². The molecule has 0 N–H and O–H groups in total. The van der Waals surface area contributed by atoms with E-state index in [9.17, 15) is 4.79 Å². The molecule has 1 aliphatic carbocycles. The van der Waals surface area contributed by atoms with Gasteiger partial charge < -0.3 is 9.47 Å². The third-order valence-electron chi connectivity index (χ3n) is 2.54. The van der Waals surface area contributed by atoms with Crippen LogP contribution in [0, 0.1) is 5.92 Å². The van der Waals surface area contributed by atoms with Crippen LogP contribution in [-0.2, 0) is 9.47 Å². The zero-order valence-corrected chi connectivity index (χ0v) is 10.8. The minimum Gasteiger partial charge on any atom is -0.431 e. The highest BCUT2D eigenvalue weighted by Gasteiger charge is 2.25. The van der Waals surface area contributed by atoms with Gasteiger partial charge in [-0.1, -0.05) is 13.3 Å². The molecule has 0 aliphatic heterocycles. The predicted molar refractivity (Wildman–Crippen MR) is 62.5 cm³/mol. The Kier molecular flexibility index (Phi) is 4.98. The standard InChI is InChI=1S/C10H17IO3/c1-7-5-3-4-6-9(7)14-10(12)13-8(2)11/h7-9H,3-6H2,1-2H3. The number of hydrogen-bond donors (Lipinski definition) is 0. The molecule has 4 heteroatoms. The number of carbonyl (C=O) groups is 1. The molecule has 0 amide bonds. The second-order valence-corrected chi connectivity index (χ2v) is 5.58. The number of hydrogen-bond acceptors (Lipinski definition) is 3. The average Bonchev–Trinajstić information content (AvgIpc) is 2.07. The molecule has 0 bridgehead atoms. The smallest absolute Gasteiger partial charge is 0.431 e. The van der Waals surface area contributed by atoms with Crippen LogP contribution in [-0.4, -0.2) is 16.4 Å². The van der Waals surface area contributed by atoms with Crippen LogP contribution in [0.1, 0.15) is 39.5 Å². The zero-order chi connectivity index (χ0) is 10.6. The molecule has 3 nitrogen and oxygen atoms in total. The summed E-state index contributed by atoms with van der Waals surface area (Å²) in [7, 11) is 0. The summed E-state index contributed by atoms with van der Waals surface area (Å²) in [5.41, 5.74) is 0. The number of halogens is 1. The molecule has 0 aromatic carbocycles.